The lowest BCUT2D eigenvalue weighted by atomic mass is 9.95. The molecule has 0 aliphatic carbocycles. The third kappa shape index (κ3) is 4.68. The molecule has 0 bridgehead atoms. The molecule has 1 atom stereocenters. The number of hydrogen-bond donors (Lipinski definition) is 1. The van der Waals surface area contributed by atoms with Crippen LogP contribution in [0.1, 0.15) is 43.7 Å². The molecule has 0 radical (unpaired) electrons. The first kappa shape index (κ1) is 15.1. The maximum atomic E-state index is 5.51. The Kier molecular flexibility index (Phi) is 6.13. The maximum absolute atomic E-state index is 5.51. The molecule has 0 spiro atoms. The van der Waals surface area contributed by atoms with Gasteiger partial charge in [-0.1, -0.05) is 36.8 Å². The van der Waals surface area contributed by atoms with Crippen molar-refractivity contribution in [3.63, 3.8) is 0 Å². The molecule has 1 unspecified atom stereocenters. The van der Waals surface area contributed by atoms with Crippen LogP contribution in [0.4, 0.5) is 0 Å². The second-order valence-electron chi connectivity index (χ2n) is 5.70. The molecule has 2 heteroatoms. The van der Waals surface area contributed by atoms with E-state index in [0.717, 1.165) is 32.4 Å². The standard InChI is InChI=1S/C18H27NO/c1-3-12-19-18(17-5-4-13-20-14-17)11-10-16-8-6-15(2)7-9-16/h6-9,14,18-19H,3-5,10-13H2,1-2H3. The minimum Gasteiger partial charge on any atom is -0.501 e. The van der Waals surface area contributed by atoms with Gasteiger partial charge >= 0.3 is 0 Å². The lowest BCUT2D eigenvalue weighted by Gasteiger charge is -2.24. The summed E-state index contributed by atoms with van der Waals surface area (Å²) in [7, 11) is 0. The zero-order chi connectivity index (χ0) is 14.2. The van der Waals surface area contributed by atoms with Gasteiger partial charge in [-0.2, -0.15) is 0 Å². The highest BCUT2D eigenvalue weighted by Gasteiger charge is 2.16. The van der Waals surface area contributed by atoms with Crippen LogP contribution < -0.4 is 5.32 Å². The molecule has 1 aliphatic heterocycles. The fourth-order valence-electron chi connectivity index (χ4n) is 2.64. The van der Waals surface area contributed by atoms with Crippen LogP contribution in [0.15, 0.2) is 36.1 Å². The van der Waals surface area contributed by atoms with E-state index in [2.05, 4.69) is 43.4 Å². The SMILES string of the molecule is CCCNC(CCc1ccc(C)cc1)C1=COCCC1. The minimum atomic E-state index is 0.469. The van der Waals surface area contributed by atoms with E-state index in [1.807, 2.05) is 6.26 Å². The first-order valence-corrected chi connectivity index (χ1v) is 7.89. The molecule has 20 heavy (non-hydrogen) atoms. The van der Waals surface area contributed by atoms with Crippen molar-refractivity contribution in [1.82, 2.24) is 5.32 Å². The van der Waals surface area contributed by atoms with Gasteiger partial charge < -0.3 is 10.1 Å². The van der Waals surface area contributed by atoms with Gasteiger partial charge in [-0.05, 0) is 56.7 Å². The molecule has 1 aromatic rings. The Bertz CT molecular complexity index is 422. The highest BCUT2D eigenvalue weighted by Crippen LogP contribution is 2.19. The van der Waals surface area contributed by atoms with Crippen molar-refractivity contribution < 1.29 is 4.74 Å². The van der Waals surface area contributed by atoms with Gasteiger partial charge in [0.25, 0.3) is 0 Å². The predicted octanol–water partition coefficient (Wildman–Crippen LogP) is 3.99. The summed E-state index contributed by atoms with van der Waals surface area (Å²) in [5.41, 5.74) is 4.20. The van der Waals surface area contributed by atoms with E-state index in [4.69, 9.17) is 4.74 Å². The van der Waals surface area contributed by atoms with Crippen molar-refractivity contribution in [3.05, 3.63) is 47.2 Å². The number of nitrogens with one attached hydrogen (secondary N) is 1. The van der Waals surface area contributed by atoms with Crippen LogP contribution in [0, 0.1) is 6.92 Å². The zero-order valence-corrected chi connectivity index (χ0v) is 12.8. The summed E-state index contributed by atoms with van der Waals surface area (Å²) < 4.78 is 5.51. The smallest absolute Gasteiger partial charge is 0.0876 e. The Morgan fingerprint density at radius 3 is 2.70 bits per heavy atom. The molecular weight excluding hydrogens is 246 g/mol. The highest BCUT2D eigenvalue weighted by atomic mass is 16.5. The quantitative estimate of drug-likeness (QED) is 0.811. The molecule has 0 aromatic heterocycles. The van der Waals surface area contributed by atoms with Crippen LogP contribution in [0.2, 0.25) is 0 Å². The topological polar surface area (TPSA) is 21.3 Å². The summed E-state index contributed by atoms with van der Waals surface area (Å²) in [6.07, 6.45) is 7.77. The van der Waals surface area contributed by atoms with Gasteiger partial charge in [0.2, 0.25) is 0 Å². The Morgan fingerprint density at radius 2 is 2.05 bits per heavy atom. The lowest BCUT2D eigenvalue weighted by molar-refractivity contribution is 0.218. The number of ether oxygens (including phenoxy) is 1. The fourth-order valence-corrected chi connectivity index (χ4v) is 2.64. The molecule has 110 valence electrons. The summed E-state index contributed by atoms with van der Waals surface area (Å²) in [6, 6.07) is 9.37. The van der Waals surface area contributed by atoms with Gasteiger partial charge in [0.15, 0.2) is 0 Å². The van der Waals surface area contributed by atoms with Crippen LogP contribution in [0.25, 0.3) is 0 Å². The molecule has 1 heterocycles. The Hall–Kier alpha value is -1.28. The third-order valence-electron chi connectivity index (χ3n) is 3.89. The molecule has 0 saturated carbocycles. The Morgan fingerprint density at radius 1 is 1.25 bits per heavy atom. The van der Waals surface area contributed by atoms with Crippen LogP contribution in [-0.4, -0.2) is 19.2 Å². The number of rotatable bonds is 7. The fraction of sp³-hybridized carbons (Fsp3) is 0.556. The second-order valence-corrected chi connectivity index (χ2v) is 5.70. The lowest BCUT2D eigenvalue weighted by Crippen LogP contribution is -2.33. The molecule has 1 N–H and O–H groups in total. The predicted molar refractivity (Wildman–Crippen MR) is 84.9 cm³/mol. The molecule has 2 nitrogen and oxygen atoms in total. The highest BCUT2D eigenvalue weighted by molar-refractivity contribution is 5.22. The summed E-state index contributed by atoms with van der Waals surface area (Å²) in [5.74, 6) is 0. The average Bonchev–Trinajstić information content (AvgIpc) is 2.50. The van der Waals surface area contributed by atoms with Crippen LogP contribution in [0.5, 0.6) is 0 Å². The van der Waals surface area contributed by atoms with Gasteiger partial charge in [0, 0.05) is 6.04 Å². The van der Waals surface area contributed by atoms with Crippen molar-refractivity contribution in [2.45, 2.75) is 52.0 Å². The Balaban J connectivity index is 1.92. The van der Waals surface area contributed by atoms with E-state index in [1.54, 1.807) is 0 Å². The minimum absolute atomic E-state index is 0.469. The van der Waals surface area contributed by atoms with Crippen molar-refractivity contribution >= 4 is 0 Å². The van der Waals surface area contributed by atoms with Crippen molar-refractivity contribution in [2.75, 3.05) is 13.2 Å². The van der Waals surface area contributed by atoms with E-state index < -0.39 is 0 Å². The Labute approximate surface area is 123 Å². The normalized spacial score (nSPS) is 16.4. The van der Waals surface area contributed by atoms with Gasteiger partial charge in [-0.15, -0.1) is 0 Å². The van der Waals surface area contributed by atoms with Gasteiger partial charge in [0.1, 0.15) is 0 Å². The maximum Gasteiger partial charge on any atom is 0.0876 e. The summed E-state index contributed by atoms with van der Waals surface area (Å²) >= 11 is 0. The van der Waals surface area contributed by atoms with E-state index >= 15 is 0 Å². The number of benzene rings is 1. The van der Waals surface area contributed by atoms with Gasteiger partial charge in [-0.3, -0.25) is 0 Å². The van der Waals surface area contributed by atoms with E-state index in [0.29, 0.717) is 6.04 Å². The van der Waals surface area contributed by atoms with Crippen molar-refractivity contribution in [1.29, 1.82) is 0 Å². The average molecular weight is 273 g/mol. The third-order valence-corrected chi connectivity index (χ3v) is 3.89. The summed E-state index contributed by atoms with van der Waals surface area (Å²) in [5, 5.41) is 3.67. The summed E-state index contributed by atoms with van der Waals surface area (Å²) in [6.45, 7) is 6.31. The van der Waals surface area contributed by atoms with E-state index in [-0.39, 0.29) is 0 Å². The van der Waals surface area contributed by atoms with Crippen molar-refractivity contribution in [3.8, 4) is 0 Å². The first-order chi connectivity index (χ1) is 9.79. The largest absolute Gasteiger partial charge is 0.501 e. The molecule has 0 fully saturated rings. The van der Waals surface area contributed by atoms with E-state index in [1.165, 1.54) is 29.5 Å². The summed E-state index contributed by atoms with van der Waals surface area (Å²) in [4.78, 5) is 0. The molecule has 0 saturated heterocycles. The number of aryl methyl sites for hydroxylation is 2. The van der Waals surface area contributed by atoms with Gasteiger partial charge in [-0.25, -0.2) is 0 Å². The van der Waals surface area contributed by atoms with E-state index in [9.17, 15) is 0 Å². The van der Waals surface area contributed by atoms with Crippen molar-refractivity contribution in [2.24, 2.45) is 0 Å². The van der Waals surface area contributed by atoms with Gasteiger partial charge in [0.05, 0.1) is 12.9 Å². The monoisotopic (exact) mass is 273 g/mol. The zero-order valence-electron chi connectivity index (χ0n) is 12.8. The van der Waals surface area contributed by atoms with Crippen LogP contribution in [-0.2, 0) is 11.2 Å². The first-order valence-electron chi connectivity index (χ1n) is 7.89. The molecule has 1 aliphatic rings. The number of hydrogen-bond acceptors (Lipinski definition) is 2. The van der Waals surface area contributed by atoms with Crippen LogP contribution >= 0.6 is 0 Å². The molecule has 0 amide bonds. The molecule has 1 aromatic carbocycles. The van der Waals surface area contributed by atoms with Crippen LogP contribution in [0.3, 0.4) is 0 Å². The molecular formula is C18H27NO. The molecule has 2 rings (SSSR count). The second kappa shape index (κ2) is 8.11.